The fourth-order valence-corrected chi connectivity index (χ4v) is 3.76. The number of piperidine rings is 1. The first-order chi connectivity index (χ1) is 14.9. The molecule has 0 saturated carbocycles. The molecule has 0 unspecified atom stereocenters. The Morgan fingerprint density at radius 3 is 2.65 bits per heavy atom. The number of non-ortho nitro benzene ring substituents is 1. The number of nitrogens with one attached hydrogen (secondary N) is 1. The number of rotatable bonds is 5. The number of pyridine rings is 1. The van der Waals surface area contributed by atoms with Crippen LogP contribution in [0.2, 0.25) is 0 Å². The van der Waals surface area contributed by atoms with E-state index in [-0.39, 0.29) is 35.1 Å². The molecule has 2 N–H and O–H groups in total. The van der Waals surface area contributed by atoms with Gasteiger partial charge in [0, 0.05) is 50.6 Å². The summed E-state index contributed by atoms with van der Waals surface area (Å²) in [6.45, 7) is 2.60. The van der Waals surface area contributed by atoms with Crippen molar-refractivity contribution in [3.8, 4) is 11.5 Å². The number of likely N-dealkylation sites (tertiary alicyclic amines) is 2. The van der Waals surface area contributed by atoms with Crippen molar-refractivity contribution in [2.45, 2.75) is 25.0 Å². The Morgan fingerprint density at radius 2 is 2.00 bits per heavy atom. The second-order valence-corrected chi connectivity index (χ2v) is 7.61. The molecule has 0 spiro atoms. The van der Waals surface area contributed by atoms with Crippen molar-refractivity contribution in [2.24, 2.45) is 0 Å². The van der Waals surface area contributed by atoms with Crippen molar-refractivity contribution in [3.05, 3.63) is 52.5 Å². The number of halogens is 1. The van der Waals surface area contributed by atoms with E-state index in [2.05, 4.69) is 15.2 Å². The Bertz CT molecular complexity index is 976. The fraction of sp³-hybridized carbons (Fsp3) is 0.400. The molecule has 4 rings (SSSR count). The van der Waals surface area contributed by atoms with Crippen molar-refractivity contribution in [3.63, 3.8) is 0 Å². The minimum absolute atomic E-state index is 0.174. The van der Waals surface area contributed by atoms with E-state index in [1.807, 2.05) is 0 Å². The minimum atomic E-state index is -0.866. The number of carbonyl (C=O) groups is 1. The standard InChI is InChI=1S/C20H22FN5O5/c21-17-9-14(26(29)30)1-2-18(17)31-16-3-6-22-19(10-16)23-20(28)24-7-4-13(5-8-24)25-11-15(27)12-25/h1-3,6,9-10,13,15,27H,4-5,7-8,11-12H2,(H,22,23,28). The molecular weight excluding hydrogens is 409 g/mol. The molecule has 1 aromatic heterocycles. The van der Waals surface area contributed by atoms with Crippen LogP contribution in [0.15, 0.2) is 36.5 Å². The normalized spacial score (nSPS) is 17.8. The van der Waals surface area contributed by atoms with Gasteiger partial charge in [0.1, 0.15) is 11.6 Å². The van der Waals surface area contributed by atoms with Crippen molar-refractivity contribution in [1.29, 1.82) is 0 Å². The molecule has 0 atom stereocenters. The number of aromatic nitrogens is 1. The van der Waals surface area contributed by atoms with Gasteiger partial charge in [0.15, 0.2) is 11.6 Å². The molecule has 10 nitrogen and oxygen atoms in total. The lowest BCUT2D eigenvalue weighted by Crippen LogP contribution is -2.58. The zero-order chi connectivity index (χ0) is 22.0. The van der Waals surface area contributed by atoms with E-state index in [9.17, 15) is 24.4 Å². The average Bonchev–Trinajstić information content (AvgIpc) is 2.73. The smallest absolute Gasteiger partial charge is 0.323 e. The van der Waals surface area contributed by atoms with E-state index in [4.69, 9.17) is 4.74 Å². The first-order valence-corrected chi connectivity index (χ1v) is 9.95. The molecule has 0 bridgehead atoms. The zero-order valence-electron chi connectivity index (χ0n) is 16.6. The predicted molar refractivity (Wildman–Crippen MR) is 109 cm³/mol. The van der Waals surface area contributed by atoms with Crippen LogP contribution in [0, 0.1) is 15.9 Å². The maximum atomic E-state index is 14.1. The van der Waals surface area contributed by atoms with Gasteiger partial charge in [0.05, 0.1) is 17.1 Å². The Kier molecular flexibility index (Phi) is 5.96. The topological polar surface area (TPSA) is 121 Å². The summed E-state index contributed by atoms with van der Waals surface area (Å²) in [5.74, 6) is -0.563. The van der Waals surface area contributed by atoms with Gasteiger partial charge in [0.25, 0.3) is 5.69 Å². The summed E-state index contributed by atoms with van der Waals surface area (Å²) in [6.07, 6.45) is 2.86. The average molecular weight is 431 g/mol. The van der Waals surface area contributed by atoms with Crippen molar-refractivity contribution < 1.29 is 24.0 Å². The van der Waals surface area contributed by atoms with E-state index in [1.54, 1.807) is 4.90 Å². The van der Waals surface area contributed by atoms with Gasteiger partial charge in [-0.2, -0.15) is 0 Å². The maximum Gasteiger partial charge on any atom is 0.323 e. The lowest BCUT2D eigenvalue weighted by molar-refractivity contribution is -0.385. The quantitative estimate of drug-likeness (QED) is 0.551. The molecule has 2 amide bonds. The number of anilines is 1. The number of nitro groups is 1. The number of carbonyl (C=O) groups excluding carboxylic acids is 1. The van der Waals surface area contributed by atoms with Gasteiger partial charge in [0.2, 0.25) is 0 Å². The molecule has 2 fully saturated rings. The second kappa shape index (κ2) is 8.82. The molecular formula is C20H22FN5O5. The van der Waals surface area contributed by atoms with Gasteiger partial charge >= 0.3 is 6.03 Å². The van der Waals surface area contributed by atoms with Gasteiger partial charge in [-0.3, -0.25) is 20.3 Å². The number of urea groups is 1. The Balaban J connectivity index is 1.33. The summed E-state index contributed by atoms with van der Waals surface area (Å²) in [5, 5.41) is 22.9. The number of benzene rings is 1. The number of amides is 2. The van der Waals surface area contributed by atoms with Crippen LogP contribution < -0.4 is 10.1 Å². The van der Waals surface area contributed by atoms with Crippen LogP contribution in [0.5, 0.6) is 11.5 Å². The van der Waals surface area contributed by atoms with Crippen molar-refractivity contribution >= 4 is 17.5 Å². The van der Waals surface area contributed by atoms with Crippen LogP contribution in [0.4, 0.5) is 20.7 Å². The summed E-state index contributed by atoms with van der Waals surface area (Å²) in [7, 11) is 0. The molecule has 2 aromatic rings. The summed E-state index contributed by atoms with van der Waals surface area (Å²) in [6, 6.07) is 6.15. The van der Waals surface area contributed by atoms with Gasteiger partial charge < -0.3 is 14.7 Å². The monoisotopic (exact) mass is 431 g/mol. The molecule has 0 aliphatic carbocycles. The summed E-state index contributed by atoms with van der Waals surface area (Å²) >= 11 is 0. The number of ether oxygens (including phenoxy) is 1. The highest BCUT2D eigenvalue weighted by atomic mass is 19.1. The first kappa shape index (κ1) is 20.9. The molecule has 0 radical (unpaired) electrons. The van der Waals surface area contributed by atoms with Crippen LogP contribution in [0.25, 0.3) is 0 Å². The molecule has 2 aliphatic heterocycles. The largest absolute Gasteiger partial charge is 0.454 e. The number of aliphatic hydroxyl groups is 1. The maximum absolute atomic E-state index is 14.1. The zero-order valence-corrected chi connectivity index (χ0v) is 16.6. The van der Waals surface area contributed by atoms with Crippen LogP contribution >= 0.6 is 0 Å². The highest BCUT2D eigenvalue weighted by molar-refractivity contribution is 5.88. The number of hydrogen-bond donors (Lipinski definition) is 2. The predicted octanol–water partition coefficient (Wildman–Crippen LogP) is 2.59. The Morgan fingerprint density at radius 1 is 1.26 bits per heavy atom. The highest BCUT2D eigenvalue weighted by Crippen LogP contribution is 2.28. The van der Waals surface area contributed by atoms with Crippen molar-refractivity contribution in [2.75, 3.05) is 31.5 Å². The molecule has 3 heterocycles. The Hall–Kier alpha value is -3.31. The third-order valence-corrected chi connectivity index (χ3v) is 5.48. The number of aliphatic hydroxyl groups excluding tert-OH is 1. The van der Waals surface area contributed by atoms with Gasteiger partial charge in [-0.25, -0.2) is 14.2 Å². The number of hydrogen-bond acceptors (Lipinski definition) is 7. The van der Waals surface area contributed by atoms with E-state index < -0.39 is 10.7 Å². The highest BCUT2D eigenvalue weighted by Gasteiger charge is 2.33. The molecule has 164 valence electrons. The third kappa shape index (κ3) is 4.89. The number of nitro benzene ring substituents is 1. The first-order valence-electron chi connectivity index (χ1n) is 9.95. The minimum Gasteiger partial charge on any atom is -0.454 e. The SMILES string of the molecule is O=C(Nc1cc(Oc2ccc([N+](=O)[O-])cc2F)ccn1)N1CCC(N2CC(O)C2)CC1. The van der Waals surface area contributed by atoms with E-state index >= 15 is 0 Å². The van der Waals surface area contributed by atoms with E-state index in [0.29, 0.717) is 32.2 Å². The molecule has 31 heavy (non-hydrogen) atoms. The molecule has 1 aromatic carbocycles. The lowest BCUT2D eigenvalue weighted by Gasteiger charge is -2.45. The summed E-state index contributed by atoms with van der Waals surface area (Å²) < 4.78 is 19.5. The summed E-state index contributed by atoms with van der Waals surface area (Å²) in [5.41, 5.74) is -0.374. The van der Waals surface area contributed by atoms with E-state index in [1.165, 1.54) is 24.4 Å². The van der Waals surface area contributed by atoms with Gasteiger partial charge in [-0.1, -0.05) is 0 Å². The van der Waals surface area contributed by atoms with Crippen LogP contribution in [-0.4, -0.2) is 69.2 Å². The second-order valence-electron chi connectivity index (χ2n) is 7.61. The fourth-order valence-electron chi connectivity index (χ4n) is 3.76. The number of nitrogens with zero attached hydrogens (tertiary/aromatic N) is 4. The third-order valence-electron chi connectivity index (χ3n) is 5.48. The van der Waals surface area contributed by atoms with Crippen LogP contribution in [0.1, 0.15) is 12.8 Å². The molecule has 2 aliphatic rings. The summed E-state index contributed by atoms with van der Waals surface area (Å²) in [4.78, 5) is 30.6. The van der Waals surface area contributed by atoms with Crippen LogP contribution in [0.3, 0.4) is 0 Å². The lowest BCUT2D eigenvalue weighted by atomic mass is 9.99. The van der Waals surface area contributed by atoms with Gasteiger partial charge in [-0.05, 0) is 25.0 Å². The van der Waals surface area contributed by atoms with E-state index in [0.717, 1.165) is 25.0 Å². The van der Waals surface area contributed by atoms with Gasteiger partial charge in [-0.15, -0.1) is 0 Å². The van der Waals surface area contributed by atoms with Crippen molar-refractivity contribution in [1.82, 2.24) is 14.8 Å². The Labute approximate surface area is 177 Å². The number of β-amino-alcohol motifs (C(OH)–C–C–N with tert-alkyl or cyclic N) is 1. The molecule has 2 saturated heterocycles. The molecule has 11 heteroatoms. The van der Waals surface area contributed by atoms with Crippen LogP contribution in [-0.2, 0) is 0 Å².